The highest BCUT2D eigenvalue weighted by Crippen LogP contribution is 2.30. The van der Waals surface area contributed by atoms with Gasteiger partial charge in [-0.05, 0) is 22.0 Å². The molecule has 0 aliphatic carbocycles. The number of rotatable bonds is 3. The van der Waals surface area contributed by atoms with Gasteiger partial charge in [0.15, 0.2) is 0 Å². The topological polar surface area (TPSA) is 47.1 Å². The smallest absolute Gasteiger partial charge is 0.122 e. The van der Waals surface area contributed by atoms with Crippen LogP contribution in [0.3, 0.4) is 0 Å². The second-order valence-electron chi connectivity index (χ2n) is 4.43. The van der Waals surface area contributed by atoms with Gasteiger partial charge in [0.05, 0.1) is 12.6 Å². The van der Waals surface area contributed by atoms with Crippen molar-refractivity contribution in [1.82, 2.24) is 14.5 Å². The fourth-order valence-electron chi connectivity index (χ4n) is 2.41. The molecular formula is C12H15BrN4S. The fraction of sp³-hybridized carbons (Fsp3) is 0.417. The third-order valence-corrected chi connectivity index (χ3v) is 5.15. The van der Waals surface area contributed by atoms with Crippen molar-refractivity contribution in [3.63, 3.8) is 0 Å². The average molecular weight is 327 g/mol. The molecule has 0 amide bonds. The second-order valence-corrected chi connectivity index (χ2v) is 6.28. The zero-order chi connectivity index (χ0) is 12.5. The van der Waals surface area contributed by atoms with Gasteiger partial charge in [0.25, 0.3) is 0 Å². The van der Waals surface area contributed by atoms with Crippen LogP contribution in [0.25, 0.3) is 0 Å². The van der Waals surface area contributed by atoms with Gasteiger partial charge < -0.3 is 10.3 Å². The molecule has 3 rings (SSSR count). The molecule has 0 saturated heterocycles. The van der Waals surface area contributed by atoms with E-state index < -0.39 is 0 Å². The van der Waals surface area contributed by atoms with Crippen LogP contribution >= 0.6 is 27.3 Å². The lowest BCUT2D eigenvalue weighted by Gasteiger charge is -2.33. The lowest BCUT2D eigenvalue weighted by Crippen LogP contribution is -2.39. The van der Waals surface area contributed by atoms with Gasteiger partial charge in [0.2, 0.25) is 0 Å². The van der Waals surface area contributed by atoms with Crippen LogP contribution in [-0.4, -0.2) is 27.5 Å². The summed E-state index contributed by atoms with van der Waals surface area (Å²) in [5.41, 5.74) is 5.96. The first-order valence-corrected chi connectivity index (χ1v) is 7.63. The Morgan fingerprint density at radius 2 is 2.39 bits per heavy atom. The minimum Gasteiger partial charge on any atom is -0.333 e. The summed E-state index contributed by atoms with van der Waals surface area (Å²) in [6.45, 7) is 3.55. The molecule has 6 heteroatoms. The number of imidazole rings is 1. The van der Waals surface area contributed by atoms with Gasteiger partial charge in [-0.15, -0.1) is 11.3 Å². The molecule has 2 aromatic rings. The highest BCUT2D eigenvalue weighted by Gasteiger charge is 2.25. The van der Waals surface area contributed by atoms with E-state index in [9.17, 15) is 0 Å². The Morgan fingerprint density at radius 1 is 1.50 bits per heavy atom. The molecule has 2 aromatic heterocycles. The monoisotopic (exact) mass is 326 g/mol. The highest BCUT2D eigenvalue weighted by molar-refractivity contribution is 9.10. The van der Waals surface area contributed by atoms with E-state index in [-0.39, 0.29) is 0 Å². The maximum atomic E-state index is 5.96. The van der Waals surface area contributed by atoms with Gasteiger partial charge in [-0.3, -0.25) is 4.90 Å². The molecule has 3 heterocycles. The van der Waals surface area contributed by atoms with E-state index in [2.05, 4.69) is 41.8 Å². The van der Waals surface area contributed by atoms with Gasteiger partial charge in [-0.1, -0.05) is 0 Å². The van der Waals surface area contributed by atoms with Crippen LogP contribution in [0.5, 0.6) is 0 Å². The van der Waals surface area contributed by atoms with Crippen molar-refractivity contribution < 1.29 is 0 Å². The molecule has 0 saturated carbocycles. The third-order valence-electron chi connectivity index (χ3n) is 3.35. The summed E-state index contributed by atoms with van der Waals surface area (Å²) in [4.78, 5) is 8.14. The van der Waals surface area contributed by atoms with E-state index in [1.165, 1.54) is 4.88 Å². The molecule has 0 aromatic carbocycles. The van der Waals surface area contributed by atoms with Gasteiger partial charge in [-0.2, -0.15) is 0 Å². The van der Waals surface area contributed by atoms with Crippen molar-refractivity contribution >= 4 is 27.3 Å². The minimum atomic E-state index is 0.298. The average Bonchev–Trinajstić information content (AvgIpc) is 2.99. The molecular weight excluding hydrogens is 312 g/mol. The van der Waals surface area contributed by atoms with E-state index in [0.29, 0.717) is 12.6 Å². The molecule has 0 radical (unpaired) electrons. The molecule has 1 aliphatic rings. The Hall–Kier alpha value is -0.690. The molecule has 0 bridgehead atoms. The Kier molecular flexibility index (Phi) is 3.52. The first-order chi connectivity index (χ1) is 8.78. The Labute approximate surface area is 119 Å². The third kappa shape index (κ3) is 2.25. The molecule has 1 atom stereocenters. The molecule has 96 valence electrons. The Bertz CT molecular complexity index is 536. The Balaban J connectivity index is 1.82. The van der Waals surface area contributed by atoms with Gasteiger partial charge in [-0.25, -0.2) is 4.98 Å². The van der Waals surface area contributed by atoms with Crippen LogP contribution in [0, 0.1) is 0 Å². The van der Waals surface area contributed by atoms with Gasteiger partial charge in [0.1, 0.15) is 5.82 Å². The summed E-state index contributed by atoms with van der Waals surface area (Å²) in [5.74, 6) is 1.13. The lowest BCUT2D eigenvalue weighted by atomic mass is 10.2. The van der Waals surface area contributed by atoms with Crippen LogP contribution in [-0.2, 0) is 13.1 Å². The number of aromatic nitrogens is 2. The zero-order valence-electron chi connectivity index (χ0n) is 9.92. The molecule has 0 spiro atoms. The molecule has 18 heavy (non-hydrogen) atoms. The predicted octanol–water partition coefficient (Wildman–Crippen LogP) is 2.22. The van der Waals surface area contributed by atoms with Crippen molar-refractivity contribution in [3.05, 3.63) is 39.0 Å². The van der Waals surface area contributed by atoms with E-state index in [1.807, 2.05) is 12.4 Å². The quantitative estimate of drug-likeness (QED) is 0.940. The summed E-state index contributed by atoms with van der Waals surface area (Å²) >= 11 is 5.27. The fourth-order valence-corrected chi connectivity index (χ4v) is 4.00. The van der Waals surface area contributed by atoms with Crippen LogP contribution in [0.15, 0.2) is 28.3 Å². The number of hydrogen-bond donors (Lipinski definition) is 1. The minimum absolute atomic E-state index is 0.298. The van der Waals surface area contributed by atoms with Crippen LogP contribution in [0.4, 0.5) is 0 Å². The number of nitrogens with zero attached hydrogens (tertiary/aromatic N) is 3. The standard InChI is InChI=1S/C12H15BrN4S/c13-9-5-11(18-8-9)10(6-14)17-4-3-16-2-1-15-12(16)7-17/h1-2,5,8,10H,3-4,6-7,14H2. The number of nitrogens with two attached hydrogens (primary N) is 1. The van der Waals surface area contributed by atoms with Gasteiger partial charge >= 0.3 is 0 Å². The number of halogens is 1. The first-order valence-electron chi connectivity index (χ1n) is 5.96. The van der Waals surface area contributed by atoms with Crippen LogP contribution in [0.2, 0.25) is 0 Å². The summed E-state index contributed by atoms with van der Waals surface area (Å²) in [5, 5.41) is 2.11. The number of fused-ring (bicyclic) bond motifs is 1. The second kappa shape index (κ2) is 5.13. The van der Waals surface area contributed by atoms with Crippen molar-refractivity contribution in [2.24, 2.45) is 5.73 Å². The molecule has 1 aliphatic heterocycles. The first kappa shape index (κ1) is 12.3. The van der Waals surface area contributed by atoms with Crippen LogP contribution in [0.1, 0.15) is 16.7 Å². The van der Waals surface area contributed by atoms with E-state index in [0.717, 1.165) is 29.9 Å². The largest absolute Gasteiger partial charge is 0.333 e. The summed E-state index contributed by atoms with van der Waals surface area (Å²) < 4.78 is 3.36. The lowest BCUT2D eigenvalue weighted by molar-refractivity contribution is 0.158. The van der Waals surface area contributed by atoms with E-state index >= 15 is 0 Å². The van der Waals surface area contributed by atoms with Gasteiger partial charge in [0, 0.05) is 46.8 Å². The summed E-state index contributed by atoms with van der Waals surface area (Å²) in [6, 6.07) is 2.47. The normalized spacial score (nSPS) is 17.7. The zero-order valence-corrected chi connectivity index (χ0v) is 12.3. The predicted molar refractivity (Wildman–Crippen MR) is 76.5 cm³/mol. The van der Waals surface area contributed by atoms with E-state index in [1.54, 1.807) is 11.3 Å². The van der Waals surface area contributed by atoms with Crippen molar-refractivity contribution in [2.45, 2.75) is 19.1 Å². The number of thiophene rings is 1. The SMILES string of the molecule is NCC(c1cc(Br)cs1)N1CCn2ccnc2C1. The molecule has 4 nitrogen and oxygen atoms in total. The van der Waals surface area contributed by atoms with Crippen LogP contribution < -0.4 is 5.73 Å². The molecule has 1 unspecified atom stereocenters. The number of hydrogen-bond acceptors (Lipinski definition) is 4. The maximum absolute atomic E-state index is 5.96. The molecule has 2 N–H and O–H groups in total. The highest BCUT2D eigenvalue weighted by atomic mass is 79.9. The maximum Gasteiger partial charge on any atom is 0.122 e. The molecule has 0 fully saturated rings. The van der Waals surface area contributed by atoms with Crippen molar-refractivity contribution in [1.29, 1.82) is 0 Å². The summed E-state index contributed by atoms with van der Waals surface area (Å²) in [7, 11) is 0. The van der Waals surface area contributed by atoms with E-state index in [4.69, 9.17) is 5.73 Å². The Morgan fingerprint density at radius 3 is 3.11 bits per heavy atom. The summed E-state index contributed by atoms with van der Waals surface area (Å²) in [6.07, 6.45) is 3.92. The van der Waals surface area contributed by atoms with Crippen molar-refractivity contribution in [2.75, 3.05) is 13.1 Å². The van der Waals surface area contributed by atoms with Crippen molar-refractivity contribution in [3.8, 4) is 0 Å².